The van der Waals surface area contributed by atoms with Gasteiger partial charge in [-0.05, 0) is 54.1 Å². The number of fused-ring (bicyclic) bond motifs is 3. The molecule has 0 unspecified atom stereocenters. The van der Waals surface area contributed by atoms with Crippen molar-refractivity contribution in [2.45, 2.75) is 34.1 Å². The molecule has 4 aromatic rings. The van der Waals surface area contributed by atoms with Crippen molar-refractivity contribution in [2.24, 2.45) is 12.5 Å². The molecule has 0 spiro atoms. The molecule has 0 aliphatic rings. The summed E-state index contributed by atoms with van der Waals surface area (Å²) >= 11 is 0. The summed E-state index contributed by atoms with van der Waals surface area (Å²) in [5, 5.41) is 0. The third-order valence-corrected chi connectivity index (χ3v) is 4.60. The number of hydrogen-bond acceptors (Lipinski definition) is 1. The molecule has 0 amide bonds. The molecule has 0 aliphatic heterocycles. The van der Waals surface area contributed by atoms with Gasteiger partial charge in [-0.1, -0.05) is 26.8 Å². The van der Waals surface area contributed by atoms with Crippen molar-refractivity contribution in [3.05, 3.63) is 66.0 Å². The first-order valence-electron chi connectivity index (χ1n) is 9.97. The molecule has 1 aromatic carbocycles. The van der Waals surface area contributed by atoms with Crippen molar-refractivity contribution in [3.8, 4) is 11.3 Å². The van der Waals surface area contributed by atoms with Crippen LogP contribution in [0.5, 0.6) is 0 Å². The summed E-state index contributed by atoms with van der Waals surface area (Å²) in [4.78, 5) is 4.76. The van der Waals surface area contributed by atoms with Gasteiger partial charge in [-0.2, -0.15) is 0 Å². The average Bonchev–Trinajstić information content (AvgIpc) is 2.98. The standard InChI is InChI=1S/C23H26N3/c1-16-12-21-19(24-22-8-6-7-10-26(21)22)14-18(16)20-13-17(9-11-25(20)5)15-23(2,3)4/h6-14H,15H2,1-5H3/q+1/i15D2. The van der Waals surface area contributed by atoms with Gasteiger partial charge in [-0.25, -0.2) is 9.55 Å². The second kappa shape index (κ2) is 5.94. The van der Waals surface area contributed by atoms with Crippen molar-refractivity contribution in [1.29, 1.82) is 0 Å². The fraction of sp³-hybridized carbons (Fsp3) is 0.304. The molecule has 0 bridgehead atoms. The number of benzene rings is 1. The first-order chi connectivity index (χ1) is 13.1. The minimum atomic E-state index is -1.43. The maximum atomic E-state index is 8.65. The first kappa shape index (κ1) is 14.5. The van der Waals surface area contributed by atoms with Crippen LogP contribution in [-0.2, 0) is 13.4 Å². The van der Waals surface area contributed by atoms with Crippen LogP contribution in [0.4, 0.5) is 0 Å². The van der Waals surface area contributed by atoms with E-state index in [9.17, 15) is 0 Å². The molecule has 4 rings (SSSR count). The molecule has 3 aromatic heterocycles. The monoisotopic (exact) mass is 346 g/mol. The van der Waals surface area contributed by atoms with Crippen LogP contribution in [0.1, 0.15) is 34.6 Å². The van der Waals surface area contributed by atoms with Gasteiger partial charge in [-0.15, -0.1) is 0 Å². The Morgan fingerprint density at radius 2 is 1.96 bits per heavy atom. The van der Waals surface area contributed by atoms with Crippen LogP contribution in [0.3, 0.4) is 0 Å². The summed E-state index contributed by atoms with van der Waals surface area (Å²) in [6.07, 6.45) is 2.54. The Morgan fingerprint density at radius 1 is 1.15 bits per heavy atom. The number of hydrogen-bond donors (Lipinski definition) is 0. The van der Waals surface area contributed by atoms with E-state index >= 15 is 0 Å². The Labute approximate surface area is 157 Å². The third-order valence-electron chi connectivity index (χ3n) is 4.60. The lowest BCUT2D eigenvalue weighted by Gasteiger charge is -2.18. The molecule has 3 heteroatoms. The van der Waals surface area contributed by atoms with E-state index in [0.29, 0.717) is 5.56 Å². The van der Waals surface area contributed by atoms with Crippen molar-refractivity contribution in [3.63, 3.8) is 0 Å². The fourth-order valence-electron chi connectivity index (χ4n) is 3.44. The van der Waals surface area contributed by atoms with Crippen LogP contribution in [0.25, 0.3) is 27.9 Å². The molecule has 0 atom stereocenters. The van der Waals surface area contributed by atoms with E-state index in [1.807, 2.05) is 75.1 Å². The highest BCUT2D eigenvalue weighted by atomic mass is 15.0. The molecule has 26 heavy (non-hydrogen) atoms. The quantitative estimate of drug-likeness (QED) is 0.474. The van der Waals surface area contributed by atoms with Crippen molar-refractivity contribution in [1.82, 2.24) is 9.38 Å². The number of pyridine rings is 2. The van der Waals surface area contributed by atoms with Crippen LogP contribution < -0.4 is 4.57 Å². The third kappa shape index (κ3) is 2.98. The molecular weight excluding hydrogens is 318 g/mol. The summed E-state index contributed by atoms with van der Waals surface area (Å²) in [6.45, 7) is 7.91. The molecule has 3 nitrogen and oxygen atoms in total. The van der Waals surface area contributed by atoms with Gasteiger partial charge in [-0.3, -0.25) is 4.40 Å². The molecule has 132 valence electrons. The average molecular weight is 346 g/mol. The lowest BCUT2D eigenvalue weighted by Crippen LogP contribution is -2.31. The Bertz CT molecular complexity index is 1200. The zero-order valence-electron chi connectivity index (χ0n) is 18.0. The van der Waals surface area contributed by atoms with Gasteiger partial charge in [0.2, 0.25) is 5.69 Å². The number of aryl methyl sites for hydroxylation is 2. The zero-order valence-corrected chi connectivity index (χ0v) is 16.0. The van der Waals surface area contributed by atoms with Crippen LogP contribution in [0.2, 0.25) is 0 Å². The Balaban J connectivity index is 1.94. The normalized spacial score (nSPS) is 13.9. The summed E-state index contributed by atoms with van der Waals surface area (Å²) in [7, 11) is 2.00. The maximum Gasteiger partial charge on any atom is 0.212 e. The van der Waals surface area contributed by atoms with E-state index in [1.165, 1.54) is 0 Å². The molecule has 0 N–H and O–H groups in total. The van der Waals surface area contributed by atoms with Gasteiger partial charge < -0.3 is 0 Å². The van der Waals surface area contributed by atoms with Gasteiger partial charge in [0.1, 0.15) is 12.7 Å². The van der Waals surface area contributed by atoms with Gasteiger partial charge >= 0.3 is 0 Å². The highest BCUT2D eigenvalue weighted by Crippen LogP contribution is 2.29. The molecular formula is C23H26N3+. The van der Waals surface area contributed by atoms with Crippen LogP contribution in [-0.4, -0.2) is 9.38 Å². The molecule has 0 fully saturated rings. The second-order valence-electron chi connectivity index (χ2n) is 7.98. The minimum absolute atomic E-state index is 0.495. The van der Waals surface area contributed by atoms with Gasteiger partial charge in [0.05, 0.1) is 16.6 Å². The number of rotatable bonds is 2. The Hall–Kier alpha value is -2.68. The maximum absolute atomic E-state index is 8.65. The zero-order chi connectivity index (χ0) is 20.3. The number of aromatic nitrogens is 3. The van der Waals surface area contributed by atoms with Crippen molar-refractivity contribution in [2.75, 3.05) is 0 Å². The van der Waals surface area contributed by atoms with E-state index < -0.39 is 11.8 Å². The summed E-state index contributed by atoms with van der Waals surface area (Å²) < 4.78 is 21.4. The van der Waals surface area contributed by atoms with E-state index in [0.717, 1.165) is 33.5 Å². The first-order valence-corrected chi connectivity index (χ1v) is 8.97. The van der Waals surface area contributed by atoms with Crippen molar-refractivity contribution >= 4 is 16.7 Å². The van der Waals surface area contributed by atoms with Crippen molar-refractivity contribution < 1.29 is 7.31 Å². The lowest BCUT2D eigenvalue weighted by atomic mass is 9.88. The van der Waals surface area contributed by atoms with Crippen LogP contribution >= 0.6 is 0 Å². The minimum Gasteiger partial charge on any atom is -0.300 e. The van der Waals surface area contributed by atoms with Gasteiger partial charge in [0, 0.05) is 21.1 Å². The van der Waals surface area contributed by atoms with Crippen LogP contribution in [0, 0.1) is 12.3 Å². The number of imidazole rings is 1. The van der Waals surface area contributed by atoms with Gasteiger partial charge in [0.25, 0.3) is 0 Å². The molecule has 3 heterocycles. The number of nitrogens with zero attached hydrogens (tertiary/aromatic N) is 3. The summed E-state index contributed by atoms with van der Waals surface area (Å²) in [5.41, 5.74) is 6.36. The topological polar surface area (TPSA) is 21.2 Å². The van der Waals surface area contributed by atoms with Crippen LogP contribution in [0.15, 0.2) is 54.9 Å². The van der Waals surface area contributed by atoms with E-state index in [1.54, 1.807) is 0 Å². The lowest BCUT2D eigenvalue weighted by molar-refractivity contribution is -0.660. The smallest absolute Gasteiger partial charge is 0.212 e. The second-order valence-corrected chi connectivity index (χ2v) is 7.98. The Kier molecular flexibility index (Phi) is 3.31. The summed E-state index contributed by atoms with van der Waals surface area (Å²) in [6, 6.07) is 14.2. The van der Waals surface area contributed by atoms with E-state index in [2.05, 4.69) is 23.5 Å². The predicted octanol–water partition coefficient (Wildman–Crippen LogP) is 4.88. The SMILES string of the molecule is [2H]C([2H])(c1cc[n+](C)c(-c2cc3nc4ccccn4c3cc2C)c1)C(C)(C)C. The fourth-order valence-corrected chi connectivity index (χ4v) is 3.44. The highest BCUT2D eigenvalue weighted by molar-refractivity contribution is 5.86. The molecule has 0 saturated carbocycles. The molecule has 0 saturated heterocycles. The highest BCUT2D eigenvalue weighted by Gasteiger charge is 2.18. The predicted molar refractivity (Wildman–Crippen MR) is 107 cm³/mol. The largest absolute Gasteiger partial charge is 0.300 e. The van der Waals surface area contributed by atoms with E-state index in [4.69, 9.17) is 7.73 Å². The molecule has 0 aliphatic carbocycles. The van der Waals surface area contributed by atoms with E-state index in [-0.39, 0.29) is 0 Å². The Morgan fingerprint density at radius 3 is 2.73 bits per heavy atom. The van der Waals surface area contributed by atoms with Gasteiger partial charge in [0.15, 0.2) is 6.20 Å². The molecule has 0 radical (unpaired) electrons. The summed E-state index contributed by atoms with van der Waals surface area (Å²) in [5.74, 6) is 0.